The highest BCUT2D eigenvalue weighted by molar-refractivity contribution is 6.04. The van der Waals surface area contributed by atoms with Crippen LogP contribution in [0.5, 0.6) is 0 Å². The van der Waals surface area contributed by atoms with Crippen LogP contribution in [-0.2, 0) is 18.3 Å². The Kier molecular flexibility index (Phi) is 6.89. The minimum Gasteiger partial charge on any atom is -0.343 e. The lowest BCUT2D eigenvalue weighted by Gasteiger charge is -2.41. The molecule has 0 aliphatic carbocycles. The molecule has 2 aromatic rings. The Labute approximate surface area is 188 Å². The number of nitrogens with zero attached hydrogens (tertiary/aromatic N) is 4. The van der Waals surface area contributed by atoms with Gasteiger partial charge in [-0.1, -0.05) is 0 Å². The maximum atomic E-state index is 13.1. The quantitative estimate of drug-likeness (QED) is 0.774. The van der Waals surface area contributed by atoms with Crippen LogP contribution >= 0.6 is 0 Å². The second kappa shape index (κ2) is 9.81. The van der Waals surface area contributed by atoms with Gasteiger partial charge in [0.15, 0.2) is 0 Å². The SMILES string of the molecule is CC(=O)N1CCC(N2CCC(Cc3nn(C)cc3C(=O)Nc3ccc(F)cc3)CC2)CC1. The van der Waals surface area contributed by atoms with Crippen molar-refractivity contribution in [2.75, 3.05) is 31.5 Å². The topological polar surface area (TPSA) is 70.5 Å². The number of nitrogens with one attached hydrogen (secondary N) is 1. The molecule has 0 unspecified atom stereocenters. The number of benzene rings is 1. The Morgan fingerprint density at radius 1 is 1.06 bits per heavy atom. The number of likely N-dealkylation sites (tertiary alicyclic amines) is 2. The summed E-state index contributed by atoms with van der Waals surface area (Å²) < 4.78 is 14.8. The molecule has 0 spiro atoms. The van der Waals surface area contributed by atoms with Crippen molar-refractivity contribution in [3.05, 3.63) is 47.5 Å². The molecular weight excluding hydrogens is 409 g/mol. The molecule has 2 amide bonds. The van der Waals surface area contributed by atoms with Gasteiger partial charge in [-0.2, -0.15) is 5.10 Å². The number of rotatable bonds is 5. The lowest BCUT2D eigenvalue weighted by molar-refractivity contribution is -0.130. The van der Waals surface area contributed by atoms with Crippen molar-refractivity contribution < 1.29 is 14.0 Å². The highest BCUT2D eigenvalue weighted by atomic mass is 19.1. The third-order valence-corrected chi connectivity index (χ3v) is 6.81. The predicted octanol–water partition coefficient (Wildman–Crippen LogP) is 3.08. The van der Waals surface area contributed by atoms with Gasteiger partial charge in [-0.05, 0) is 75.4 Å². The van der Waals surface area contributed by atoms with Crippen LogP contribution in [0, 0.1) is 11.7 Å². The minimum absolute atomic E-state index is 0.178. The number of hydrogen-bond acceptors (Lipinski definition) is 4. The van der Waals surface area contributed by atoms with E-state index in [2.05, 4.69) is 15.3 Å². The molecule has 2 saturated heterocycles. The van der Waals surface area contributed by atoms with Gasteiger partial charge in [0.1, 0.15) is 5.82 Å². The maximum Gasteiger partial charge on any atom is 0.259 e. The zero-order valence-corrected chi connectivity index (χ0v) is 18.9. The summed E-state index contributed by atoms with van der Waals surface area (Å²) in [6.07, 6.45) is 6.82. The van der Waals surface area contributed by atoms with Crippen LogP contribution in [0.2, 0.25) is 0 Å². The summed E-state index contributed by atoms with van der Waals surface area (Å²) in [6, 6.07) is 6.34. The van der Waals surface area contributed by atoms with Crippen molar-refractivity contribution in [2.24, 2.45) is 13.0 Å². The van der Waals surface area contributed by atoms with E-state index in [9.17, 15) is 14.0 Å². The third kappa shape index (κ3) is 5.35. The summed E-state index contributed by atoms with van der Waals surface area (Å²) in [5.41, 5.74) is 1.96. The van der Waals surface area contributed by atoms with Crippen molar-refractivity contribution in [3.8, 4) is 0 Å². The number of amides is 2. The highest BCUT2D eigenvalue weighted by Gasteiger charge is 2.30. The van der Waals surface area contributed by atoms with E-state index in [0.29, 0.717) is 23.2 Å². The number of aromatic nitrogens is 2. The minimum atomic E-state index is -0.333. The second-order valence-corrected chi connectivity index (χ2v) is 9.04. The molecule has 0 saturated carbocycles. The smallest absolute Gasteiger partial charge is 0.259 e. The van der Waals surface area contributed by atoms with Gasteiger partial charge in [0.05, 0.1) is 11.3 Å². The fourth-order valence-electron chi connectivity index (χ4n) is 4.95. The van der Waals surface area contributed by atoms with Crippen LogP contribution in [0.25, 0.3) is 0 Å². The Morgan fingerprint density at radius 2 is 1.72 bits per heavy atom. The molecule has 0 atom stereocenters. The first-order valence-electron chi connectivity index (χ1n) is 11.5. The molecule has 8 heteroatoms. The number of piperidine rings is 2. The van der Waals surface area contributed by atoms with Crippen molar-refractivity contribution in [3.63, 3.8) is 0 Å². The normalized spacial score (nSPS) is 18.7. The average Bonchev–Trinajstić information content (AvgIpc) is 3.16. The van der Waals surface area contributed by atoms with Gasteiger partial charge in [-0.15, -0.1) is 0 Å². The van der Waals surface area contributed by atoms with E-state index in [1.165, 1.54) is 12.1 Å². The molecule has 2 aliphatic heterocycles. The standard InChI is InChI=1S/C24H32FN5O2/c1-17(31)29-13-9-21(10-14-29)30-11-7-18(8-12-30)15-23-22(16-28(2)27-23)24(32)26-20-5-3-19(25)4-6-20/h3-6,16,18,21H,7-15H2,1-2H3,(H,26,32). The molecule has 1 aromatic heterocycles. The first kappa shape index (κ1) is 22.5. The van der Waals surface area contributed by atoms with E-state index in [1.807, 2.05) is 11.9 Å². The predicted molar refractivity (Wildman–Crippen MR) is 121 cm³/mol. The molecular formula is C24H32FN5O2. The number of carbonyl (C=O) groups is 2. The molecule has 2 fully saturated rings. The first-order chi connectivity index (χ1) is 15.4. The number of hydrogen-bond donors (Lipinski definition) is 1. The zero-order chi connectivity index (χ0) is 22.7. The molecule has 2 aliphatic rings. The third-order valence-electron chi connectivity index (χ3n) is 6.81. The second-order valence-electron chi connectivity index (χ2n) is 9.04. The van der Waals surface area contributed by atoms with Crippen molar-refractivity contribution in [1.29, 1.82) is 0 Å². The average molecular weight is 442 g/mol. The molecule has 1 N–H and O–H groups in total. The fraction of sp³-hybridized carbons (Fsp3) is 0.542. The van der Waals surface area contributed by atoms with E-state index >= 15 is 0 Å². The van der Waals surface area contributed by atoms with Gasteiger partial charge >= 0.3 is 0 Å². The summed E-state index contributed by atoms with van der Waals surface area (Å²) in [6.45, 7) is 5.48. The van der Waals surface area contributed by atoms with E-state index in [1.54, 1.807) is 29.9 Å². The number of anilines is 1. The maximum absolute atomic E-state index is 13.1. The van der Waals surface area contributed by atoms with Crippen molar-refractivity contribution in [1.82, 2.24) is 19.6 Å². The van der Waals surface area contributed by atoms with Gasteiger partial charge in [0.2, 0.25) is 5.91 Å². The molecule has 32 heavy (non-hydrogen) atoms. The summed E-state index contributed by atoms with van der Waals surface area (Å²) >= 11 is 0. The van der Waals surface area contributed by atoms with Crippen LogP contribution in [0.4, 0.5) is 10.1 Å². The molecule has 172 valence electrons. The van der Waals surface area contributed by atoms with Gasteiger partial charge in [0.25, 0.3) is 5.91 Å². The van der Waals surface area contributed by atoms with Crippen LogP contribution in [0.15, 0.2) is 30.5 Å². The molecule has 0 bridgehead atoms. The Morgan fingerprint density at radius 3 is 2.34 bits per heavy atom. The number of carbonyl (C=O) groups excluding carboxylic acids is 2. The summed E-state index contributed by atoms with van der Waals surface area (Å²) in [4.78, 5) is 28.9. The fourth-order valence-corrected chi connectivity index (χ4v) is 4.95. The van der Waals surface area contributed by atoms with E-state index in [0.717, 1.165) is 64.0 Å². The van der Waals surface area contributed by atoms with E-state index < -0.39 is 0 Å². The van der Waals surface area contributed by atoms with Gasteiger partial charge in [-0.25, -0.2) is 4.39 Å². The van der Waals surface area contributed by atoms with Gasteiger partial charge in [-0.3, -0.25) is 14.3 Å². The lowest BCUT2D eigenvalue weighted by Crippen LogP contribution is -2.48. The van der Waals surface area contributed by atoms with Gasteiger partial charge in [0, 0.05) is 45.0 Å². The van der Waals surface area contributed by atoms with Crippen molar-refractivity contribution in [2.45, 2.75) is 45.1 Å². The van der Waals surface area contributed by atoms with E-state index in [-0.39, 0.29) is 17.6 Å². The monoisotopic (exact) mass is 441 g/mol. The largest absolute Gasteiger partial charge is 0.343 e. The summed E-state index contributed by atoms with van der Waals surface area (Å²) in [5, 5.41) is 7.40. The van der Waals surface area contributed by atoms with Crippen LogP contribution in [-0.4, -0.2) is 63.6 Å². The molecule has 0 radical (unpaired) electrons. The summed E-state index contributed by atoms with van der Waals surface area (Å²) in [7, 11) is 1.83. The Balaban J connectivity index is 1.31. The van der Waals surface area contributed by atoms with Crippen LogP contribution in [0.3, 0.4) is 0 Å². The molecule has 4 rings (SSSR count). The number of aryl methyl sites for hydroxylation is 1. The highest BCUT2D eigenvalue weighted by Crippen LogP contribution is 2.27. The molecule has 7 nitrogen and oxygen atoms in total. The van der Waals surface area contributed by atoms with Gasteiger partial charge < -0.3 is 15.1 Å². The van der Waals surface area contributed by atoms with Crippen LogP contribution in [0.1, 0.15) is 48.7 Å². The Bertz CT molecular complexity index is 942. The summed E-state index contributed by atoms with van der Waals surface area (Å²) in [5.74, 6) is 0.128. The van der Waals surface area contributed by atoms with Crippen LogP contribution < -0.4 is 5.32 Å². The molecule has 1 aromatic carbocycles. The Hall–Kier alpha value is -2.74. The zero-order valence-electron chi connectivity index (χ0n) is 18.9. The van der Waals surface area contributed by atoms with E-state index in [4.69, 9.17) is 0 Å². The first-order valence-corrected chi connectivity index (χ1v) is 11.5. The number of halogens is 1. The van der Waals surface area contributed by atoms with Crippen molar-refractivity contribution >= 4 is 17.5 Å². The molecule has 3 heterocycles. The lowest BCUT2D eigenvalue weighted by atomic mass is 9.89.